The molecule has 65 heavy (non-hydrogen) atoms. The van der Waals surface area contributed by atoms with Crippen LogP contribution >= 0.6 is 0 Å². The lowest BCUT2D eigenvalue weighted by Gasteiger charge is -2.27. The van der Waals surface area contributed by atoms with E-state index in [4.69, 9.17) is 11.1 Å². The van der Waals surface area contributed by atoms with Crippen LogP contribution in [0.15, 0.2) is 53.3 Å². The van der Waals surface area contributed by atoms with E-state index in [-0.39, 0.29) is 73.3 Å². The maximum Gasteiger partial charge on any atom is 0.264 e. The van der Waals surface area contributed by atoms with Crippen LogP contribution in [0.1, 0.15) is 94.9 Å². The molecule has 0 saturated carbocycles. The van der Waals surface area contributed by atoms with Gasteiger partial charge in [-0.1, -0.05) is 22.1 Å². The molecule has 1 saturated heterocycles. The molecule has 2 aliphatic rings. The van der Waals surface area contributed by atoms with Gasteiger partial charge in [-0.3, -0.25) is 54.5 Å². The minimum atomic E-state index is -1.15. The molecule has 3 heterocycles. The number of hydroxylamine groups is 1. The highest BCUT2D eigenvalue weighted by Crippen LogP contribution is 2.32. The Bertz CT molecular complexity index is 2570. The molecule has 1 atom stereocenters. The number of amides is 6. The number of benzene rings is 2. The molecule has 2 aromatic carbocycles. The molecule has 1 unspecified atom stereocenters. The maximum absolute atomic E-state index is 13.6. The van der Waals surface area contributed by atoms with Crippen molar-refractivity contribution in [3.8, 4) is 0 Å². The molecule has 3 aromatic rings. The van der Waals surface area contributed by atoms with E-state index in [1.807, 2.05) is 52.2 Å². The Balaban J connectivity index is 1.08. The van der Waals surface area contributed by atoms with Crippen molar-refractivity contribution in [1.29, 1.82) is 5.41 Å². The third kappa shape index (κ3) is 12.3. The number of fused-ring (bicyclic) bond motifs is 1. The van der Waals surface area contributed by atoms with E-state index in [1.54, 1.807) is 30.0 Å². The molecule has 0 aliphatic carbocycles. The molecule has 22 nitrogen and oxygen atoms in total. The molecular formula is C43H53N11O11. The molecule has 22 heteroatoms. The molecule has 6 amide bonds. The fourth-order valence-electron chi connectivity index (χ4n) is 7.04. The fraction of sp³-hybridized carbons (Fsp3) is 0.349. The minimum absolute atomic E-state index is 0.00170. The summed E-state index contributed by atoms with van der Waals surface area (Å²) in [5.41, 5.74) is 13.6. The zero-order chi connectivity index (χ0) is 47.4. The first-order chi connectivity index (χ1) is 31.0. The molecule has 1 fully saturated rings. The SMILES string of the molecule is CCN(CNCCC(=O)NOOOONc1cccc2c1C(=O)N(C1CCC(=O)NC1=O)C2=O)C(=N)C=CC(C)=c1cc(NC(C)C)c(=CN)c(C(=O)NCc2c(C)cc(C)[nH]c2=O)c1. The van der Waals surface area contributed by atoms with Crippen LogP contribution in [0.2, 0.25) is 0 Å². The first-order valence-electron chi connectivity index (χ1n) is 20.6. The molecule has 1 aromatic heterocycles. The van der Waals surface area contributed by atoms with Crippen LogP contribution in [0.3, 0.4) is 0 Å². The van der Waals surface area contributed by atoms with Crippen molar-refractivity contribution in [2.75, 3.05) is 30.6 Å². The van der Waals surface area contributed by atoms with Crippen LogP contribution in [0.4, 0.5) is 11.4 Å². The number of likely N-dealkylation sites (N-methyl/N-ethyl adjacent to an activating group) is 1. The van der Waals surface area contributed by atoms with Crippen LogP contribution < -0.4 is 54.0 Å². The number of carbonyl (C=O) groups is 6. The number of pyridine rings is 1. The van der Waals surface area contributed by atoms with Gasteiger partial charge < -0.3 is 26.3 Å². The largest absolute Gasteiger partial charge is 0.404 e. The lowest BCUT2D eigenvalue weighted by molar-refractivity contribution is -0.638. The molecule has 0 bridgehead atoms. The third-order valence-electron chi connectivity index (χ3n) is 10.3. The predicted octanol–water partition coefficient (Wildman–Crippen LogP) is 0.673. The van der Waals surface area contributed by atoms with Gasteiger partial charge in [0.05, 0.1) is 29.0 Å². The van der Waals surface area contributed by atoms with Crippen LogP contribution in [0.5, 0.6) is 0 Å². The van der Waals surface area contributed by atoms with E-state index in [2.05, 4.69) is 51.8 Å². The van der Waals surface area contributed by atoms with Crippen LogP contribution in [-0.4, -0.2) is 87.9 Å². The Labute approximate surface area is 372 Å². The normalized spacial score (nSPS) is 15.6. The van der Waals surface area contributed by atoms with Crippen LogP contribution in [0.25, 0.3) is 11.8 Å². The monoisotopic (exact) mass is 899 g/mol. The van der Waals surface area contributed by atoms with Gasteiger partial charge in [-0.15, -0.1) is 0 Å². The third-order valence-corrected chi connectivity index (χ3v) is 10.3. The number of carbonyl (C=O) groups excluding carboxylic acids is 6. The zero-order valence-electron chi connectivity index (χ0n) is 36.8. The quantitative estimate of drug-likeness (QED) is 0.0143. The average molecular weight is 900 g/mol. The van der Waals surface area contributed by atoms with Crippen molar-refractivity contribution in [3.63, 3.8) is 0 Å². The number of aromatic amines is 1. The highest BCUT2D eigenvalue weighted by molar-refractivity contribution is 6.25. The Hall–Kier alpha value is -7.24. The van der Waals surface area contributed by atoms with Crippen molar-refractivity contribution in [2.45, 2.75) is 79.4 Å². The molecule has 2 aliphatic heterocycles. The Morgan fingerprint density at radius 1 is 1.03 bits per heavy atom. The molecule has 0 radical (unpaired) electrons. The number of hydrogen-bond donors (Lipinski definition) is 9. The number of aryl methyl sites for hydroxylation is 2. The van der Waals surface area contributed by atoms with Gasteiger partial charge in [0.15, 0.2) is 0 Å². The van der Waals surface area contributed by atoms with E-state index >= 15 is 0 Å². The second-order valence-electron chi connectivity index (χ2n) is 15.3. The van der Waals surface area contributed by atoms with Crippen molar-refractivity contribution < 1.29 is 48.8 Å². The summed E-state index contributed by atoms with van der Waals surface area (Å²) in [5, 5.41) is 30.0. The van der Waals surface area contributed by atoms with Gasteiger partial charge in [0.25, 0.3) is 23.3 Å². The fourth-order valence-corrected chi connectivity index (χ4v) is 7.04. The second kappa shape index (κ2) is 22.4. The number of rotatable bonds is 20. The van der Waals surface area contributed by atoms with E-state index in [0.29, 0.717) is 33.8 Å². The minimum Gasteiger partial charge on any atom is -0.404 e. The number of amidine groups is 1. The van der Waals surface area contributed by atoms with E-state index in [9.17, 15) is 33.6 Å². The van der Waals surface area contributed by atoms with E-state index in [1.165, 1.54) is 24.4 Å². The number of piperidine rings is 1. The topological polar surface area (TPSA) is 301 Å². The van der Waals surface area contributed by atoms with Crippen LogP contribution in [-0.2, 0) is 41.0 Å². The second-order valence-corrected chi connectivity index (χ2v) is 15.3. The Morgan fingerprint density at radius 2 is 1.78 bits per heavy atom. The summed E-state index contributed by atoms with van der Waals surface area (Å²) in [6.45, 7) is 12.2. The first kappa shape index (κ1) is 48.8. The van der Waals surface area contributed by atoms with Gasteiger partial charge in [0.1, 0.15) is 11.9 Å². The Morgan fingerprint density at radius 3 is 2.48 bits per heavy atom. The number of nitrogens with two attached hydrogens (primary N) is 1. The first-order valence-corrected chi connectivity index (χ1v) is 20.6. The summed E-state index contributed by atoms with van der Waals surface area (Å²) < 4.78 is 0. The molecule has 5 rings (SSSR count). The summed E-state index contributed by atoms with van der Waals surface area (Å²) >= 11 is 0. The number of aromatic nitrogens is 1. The van der Waals surface area contributed by atoms with Gasteiger partial charge in [-0.2, -0.15) is 5.48 Å². The smallest absolute Gasteiger partial charge is 0.264 e. The number of anilines is 2. The summed E-state index contributed by atoms with van der Waals surface area (Å²) in [6, 6.07) is 8.56. The van der Waals surface area contributed by atoms with Gasteiger partial charge in [0.2, 0.25) is 17.7 Å². The molecule has 10 N–H and O–H groups in total. The lowest BCUT2D eigenvalue weighted by atomic mass is 10.0. The Kier molecular flexibility index (Phi) is 16.8. The number of hydrogen-bond acceptors (Lipinski definition) is 16. The zero-order valence-corrected chi connectivity index (χ0v) is 36.8. The summed E-state index contributed by atoms with van der Waals surface area (Å²) in [4.78, 5) is 103. The maximum atomic E-state index is 13.6. The van der Waals surface area contributed by atoms with Crippen molar-refractivity contribution in [2.24, 2.45) is 5.73 Å². The number of H-pyrrole nitrogens is 1. The van der Waals surface area contributed by atoms with Gasteiger partial charge in [-0.05, 0) is 111 Å². The van der Waals surface area contributed by atoms with E-state index < -0.39 is 41.5 Å². The number of imide groups is 2. The number of nitrogens with one attached hydrogen (secondary N) is 8. The molecular weight excluding hydrogens is 847 g/mol. The highest BCUT2D eigenvalue weighted by atomic mass is 17.7. The lowest BCUT2D eigenvalue weighted by Crippen LogP contribution is -2.54. The average Bonchev–Trinajstić information content (AvgIpc) is 3.51. The van der Waals surface area contributed by atoms with Gasteiger partial charge in [-0.25, -0.2) is 5.48 Å². The van der Waals surface area contributed by atoms with Crippen molar-refractivity contribution in [3.05, 3.63) is 103 Å². The highest BCUT2D eigenvalue weighted by Gasteiger charge is 2.45. The number of allylic oxidation sites excluding steroid dienone is 1. The summed E-state index contributed by atoms with van der Waals surface area (Å²) in [5.74, 6) is -3.59. The predicted molar refractivity (Wildman–Crippen MR) is 236 cm³/mol. The van der Waals surface area contributed by atoms with Crippen molar-refractivity contribution in [1.82, 2.24) is 36.2 Å². The summed E-state index contributed by atoms with van der Waals surface area (Å²) in [7, 11) is 0. The van der Waals surface area contributed by atoms with Crippen LogP contribution in [0, 0.1) is 19.3 Å². The molecule has 346 valence electrons. The standard InChI is InChI=1S/C43H53N11O11/c1-7-53(35(45)13-11-24(4)27-18-29(30(20-44)33(19-27)48-23(2)3)39(57)47-21-31-25(5)17-26(6)49-40(31)58)22-46-16-15-37(56)52-63-65-64-62-51-32-10-8-9-28-38(32)43(61)54(42(28)60)34-12-14-36(55)50-41(34)59/h8-11,13,17-20,23,34,45-46,48,51H,7,12,14-16,21-22,44H2,1-6H3,(H,47,57)(H,49,58)(H,52,56)(H,50,55,59). The van der Waals surface area contributed by atoms with Gasteiger partial charge in [0, 0.05) is 66.9 Å². The number of nitrogens with zero attached hydrogens (tertiary/aromatic N) is 2. The van der Waals surface area contributed by atoms with Gasteiger partial charge >= 0.3 is 0 Å². The molecule has 0 spiro atoms. The van der Waals surface area contributed by atoms with Crippen molar-refractivity contribution >= 4 is 64.4 Å². The van der Waals surface area contributed by atoms with E-state index in [0.717, 1.165) is 21.7 Å². The summed E-state index contributed by atoms with van der Waals surface area (Å²) in [6.07, 6.45) is 4.65.